The minimum atomic E-state index is -0.418. The van der Waals surface area contributed by atoms with E-state index in [0.717, 1.165) is 63.8 Å². The number of carbonyl (C=O) groups excluding carboxylic acids is 2. The van der Waals surface area contributed by atoms with Gasteiger partial charge in [-0.05, 0) is 69.1 Å². The maximum absolute atomic E-state index is 13.5. The maximum Gasteiger partial charge on any atom is 0.243 e. The molecule has 3 N–H and O–H groups in total. The number of amides is 2. The Labute approximate surface area is 209 Å². The first kappa shape index (κ1) is 25.9. The second-order valence-electron chi connectivity index (χ2n) is 10.4. The van der Waals surface area contributed by atoms with Gasteiger partial charge in [0.2, 0.25) is 11.8 Å². The van der Waals surface area contributed by atoms with Crippen LogP contribution in [0.15, 0.2) is 24.3 Å². The van der Waals surface area contributed by atoms with E-state index in [2.05, 4.69) is 22.3 Å². The Morgan fingerprint density at radius 1 is 1.06 bits per heavy atom. The largest absolute Gasteiger partial charge is 0.497 e. The predicted molar refractivity (Wildman–Crippen MR) is 135 cm³/mol. The van der Waals surface area contributed by atoms with Gasteiger partial charge in [0.1, 0.15) is 11.8 Å². The number of nitrogens with two attached hydrogens (primary N) is 1. The van der Waals surface area contributed by atoms with Crippen molar-refractivity contribution in [3.05, 3.63) is 29.8 Å². The van der Waals surface area contributed by atoms with E-state index >= 15 is 0 Å². The number of nitrogens with one attached hydrogen (secondary N) is 1. The molecular weight excluding hydrogens is 444 g/mol. The van der Waals surface area contributed by atoms with Gasteiger partial charge < -0.3 is 25.4 Å². The number of rotatable bonds is 10. The number of hydrogen-bond acceptors (Lipinski definition) is 6. The van der Waals surface area contributed by atoms with Crippen molar-refractivity contribution in [2.75, 3.05) is 33.9 Å². The number of methoxy groups -OCH3 is 2. The fourth-order valence-corrected chi connectivity index (χ4v) is 5.48. The lowest BCUT2D eigenvalue weighted by molar-refractivity contribution is -0.145. The Hall–Kier alpha value is -2.16. The summed E-state index contributed by atoms with van der Waals surface area (Å²) >= 11 is 0. The van der Waals surface area contributed by atoms with Crippen molar-refractivity contribution >= 4 is 11.8 Å². The highest BCUT2D eigenvalue weighted by molar-refractivity contribution is 5.89. The van der Waals surface area contributed by atoms with Gasteiger partial charge in [0.15, 0.2) is 0 Å². The predicted octanol–water partition coefficient (Wildman–Crippen LogP) is 2.30. The first-order valence-electron chi connectivity index (χ1n) is 13.2. The van der Waals surface area contributed by atoms with Gasteiger partial charge in [-0.25, -0.2) is 0 Å². The summed E-state index contributed by atoms with van der Waals surface area (Å²) in [6.45, 7) is 2.79. The molecule has 8 nitrogen and oxygen atoms in total. The molecule has 1 saturated heterocycles. The molecule has 1 aromatic rings. The van der Waals surface area contributed by atoms with Crippen molar-refractivity contribution in [2.24, 2.45) is 11.7 Å². The molecule has 2 aliphatic carbocycles. The highest BCUT2D eigenvalue weighted by Crippen LogP contribution is 2.34. The molecule has 1 unspecified atom stereocenters. The van der Waals surface area contributed by atoms with E-state index in [9.17, 15) is 9.59 Å². The summed E-state index contributed by atoms with van der Waals surface area (Å²) in [6.07, 6.45) is 7.12. The summed E-state index contributed by atoms with van der Waals surface area (Å²) in [4.78, 5) is 30.9. The van der Waals surface area contributed by atoms with Gasteiger partial charge in [0.25, 0.3) is 0 Å². The third kappa shape index (κ3) is 6.96. The van der Waals surface area contributed by atoms with Gasteiger partial charge in [0.05, 0.1) is 13.7 Å². The van der Waals surface area contributed by atoms with Crippen LogP contribution in [0.2, 0.25) is 0 Å². The topological polar surface area (TPSA) is 97.1 Å². The van der Waals surface area contributed by atoms with E-state index in [1.54, 1.807) is 14.2 Å². The Kier molecular flexibility index (Phi) is 9.03. The fourth-order valence-electron chi connectivity index (χ4n) is 5.48. The number of likely N-dealkylation sites (tertiary alicyclic amines) is 1. The maximum atomic E-state index is 13.5. The molecule has 4 rings (SSSR count). The third-order valence-electron chi connectivity index (χ3n) is 7.85. The van der Waals surface area contributed by atoms with Gasteiger partial charge >= 0.3 is 0 Å². The van der Waals surface area contributed by atoms with Gasteiger partial charge in [-0.15, -0.1) is 0 Å². The zero-order valence-corrected chi connectivity index (χ0v) is 21.3. The Morgan fingerprint density at radius 2 is 1.77 bits per heavy atom. The summed E-state index contributed by atoms with van der Waals surface area (Å²) in [5.74, 6) is 1.11. The second-order valence-corrected chi connectivity index (χ2v) is 10.4. The summed E-state index contributed by atoms with van der Waals surface area (Å²) in [7, 11) is 3.39. The normalized spacial score (nSPS) is 27.0. The molecule has 3 fully saturated rings. The van der Waals surface area contributed by atoms with E-state index in [-0.39, 0.29) is 35.9 Å². The van der Waals surface area contributed by atoms with Crippen LogP contribution in [0, 0.1) is 5.92 Å². The first-order valence-corrected chi connectivity index (χ1v) is 13.2. The number of benzene rings is 1. The minimum absolute atomic E-state index is 0.000287. The highest BCUT2D eigenvalue weighted by atomic mass is 16.5. The van der Waals surface area contributed by atoms with Gasteiger partial charge in [-0.1, -0.05) is 12.1 Å². The van der Waals surface area contributed by atoms with Crippen molar-refractivity contribution in [3.8, 4) is 5.75 Å². The van der Waals surface area contributed by atoms with Crippen LogP contribution in [0.3, 0.4) is 0 Å². The molecule has 3 aliphatic rings. The quantitative estimate of drug-likeness (QED) is 0.527. The van der Waals surface area contributed by atoms with Crippen LogP contribution in [0.4, 0.5) is 0 Å². The molecule has 1 aliphatic heterocycles. The van der Waals surface area contributed by atoms with Crippen molar-refractivity contribution in [2.45, 2.75) is 82.1 Å². The number of piperidine rings is 1. The van der Waals surface area contributed by atoms with Crippen molar-refractivity contribution in [3.63, 3.8) is 0 Å². The molecular formula is C27H42N4O4. The molecule has 2 saturated carbocycles. The SMILES string of the molecule is COCCN(Cc1ccc(OC)cc1)C1CCN(C(=O)C2CC2)[C@@H](C(=O)NC2CCC(N)CC2)C1. The third-order valence-corrected chi connectivity index (χ3v) is 7.85. The number of nitrogens with zero attached hydrogens (tertiary/aromatic N) is 2. The molecule has 1 aromatic carbocycles. The van der Waals surface area contributed by atoms with E-state index < -0.39 is 6.04 Å². The van der Waals surface area contributed by atoms with Crippen LogP contribution in [0.25, 0.3) is 0 Å². The van der Waals surface area contributed by atoms with E-state index in [4.69, 9.17) is 15.2 Å². The lowest BCUT2D eigenvalue weighted by Crippen LogP contribution is -2.59. The van der Waals surface area contributed by atoms with Crippen molar-refractivity contribution < 1.29 is 19.1 Å². The standard InChI is InChI=1S/C27H42N4O4/c1-34-16-15-30(18-19-3-11-24(35-2)12-4-19)23-13-14-31(27(33)20-5-6-20)25(17-23)26(32)29-22-9-7-21(28)8-10-22/h3-4,11-12,20-23,25H,5-10,13-18,28H2,1-2H3,(H,29,32)/t21?,22?,23?,25-/m1/s1. The fraction of sp³-hybridized carbons (Fsp3) is 0.704. The van der Waals surface area contributed by atoms with Gasteiger partial charge in [0, 0.05) is 50.8 Å². The summed E-state index contributed by atoms with van der Waals surface area (Å²) in [5, 5.41) is 3.27. The molecule has 194 valence electrons. The first-order chi connectivity index (χ1) is 17.0. The minimum Gasteiger partial charge on any atom is -0.497 e. The smallest absolute Gasteiger partial charge is 0.243 e. The van der Waals surface area contributed by atoms with Gasteiger partial charge in [-0.2, -0.15) is 0 Å². The van der Waals surface area contributed by atoms with Crippen LogP contribution in [0.1, 0.15) is 56.9 Å². The monoisotopic (exact) mass is 486 g/mol. The lowest BCUT2D eigenvalue weighted by Gasteiger charge is -2.43. The van der Waals surface area contributed by atoms with Crippen LogP contribution < -0.4 is 15.8 Å². The highest BCUT2D eigenvalue weighted by Gasteiger charge is 2.43. The Morgan fingerprint density at radius 3 is 2.40 bits per heavy atom. The zero-order valence-electron chi connectivity index (χ0n) is 21.3. The Bertz CT molecular complexity index is 836. The zero-order chi connectivity index (χ0) is 24.8. The lowest BCUT2D eigenvalue weighted by atomic mass is 9.90. The molecule has 2 amide bonds. The van der Waals surface area contributed by atoms with Crippen LogP contribution in [0.5, 0.6) is 5.75 Å². The molecule has 8 heteroatoms. The van der Waals surface area contributed by atoms with E-state index in [0.29, 0.717) is 19.6 Å². The van der Waals surface area contributed by atoms with E-state index in [1.165, 1.54) is 5.56 Å². The van der Waals surface area contributed by atoms with Crippen molar-refractivity contribution in [1.82, 2.24) is 15.1 Å². The molecule has 0 spiro atoms. The van der Waals surface area contributed by atoms with Crippen LogP contribution >= 0.6 is 0 Å². The number of carbonyl (C=O) groups is 2. The Balaban J connectivity index is 1.46. The van der Waals surface area contributed by atoms with Crippen molar-refractivity contribution in [1.29, 1.82) is 0 Å². The average molecular weight is 487 g/mol. The van der Waals surface area contributed by atoms with Gasteiger partial charge in [-0.3, -0.25) is 14.5 Å². The summed E-state index contributed by atoms with van der Waals surface area (Å²) in [5.41, 5.74) is 7.25. The van der Waals surface area contributed by atoms with Crippen LogP contribution in [-0.2, 0) is 20.9 Å². The number of hydrogen-bond donors (Lipinski definition) is 2. The molecule has 0 radical (unpaired) electrons. The van der Waals surface area contributed by atoms with Crippen LogP contribution in [-0.4, -0.2) is 79.7 Å². The number of ether oxygens (including phenoxy) is 2. The molecule has 0 bridgehead atoms. The average Bonchev–Trinajstić information content (AvgIpc) is 3.73. The molecule has 2 atom stereocenters. The molecule has 0 aromatic heterocycles. The summed E-state index contributed by atoms with van der Waals surface area (Å²) < 4.78 is 10.7. The molecule has 1 heterocycles. The van der Waals surface area contributed by atoms with E-state index in [1.807, 2.05) is 17.0 Å². The molecule has 35 heavy (non-hydrogen) atoms. The summed E-state index contributed by atoms with van der Waals surface area (Å²) in [6, 6.07) is 8.31. The second kappa shape index (κ2) is 12.2.